The van der Waals surface area contributed by atoms with Crippen LogP contribution in [0.1, 0.15) is 5.56 Å². The quantitative estimate of drug-likeness (QED) is 0.718. The van der Waals surface area contributed by atoms with Crippen LogP contribution in [0.3, 0.4) is 0 Å². The van der Waals surface area contributed by atoms with Gasteiger partial charge in [-0.15, -0.1) is 0 Å². The van der Waals surface area contributed by atoms with Crippen molar-refractivity contribution < 1.29 is 0 Å². The summed E-state index contributed by atoms with van der Waals surface area (Å²) in [5, 5.41) is 0.702. The molecule has 19 heavy (non-hydrogen) atoms. The molecule has 0 bridgehead atoms. The van der Waals surface area contributed by atoms with Gasteiger partial charge in [-0.3, -0.25) is 4.57 Å². The van der Waals surface area contributed by atoms with E-state index in [1.165, 1.54) is 0 Å². The lowest BCUT2D eigenvalue weighted by Gasteiger charge is -2.10. The zero-order chi connectivity index (χ0) is 13.4. The molecule has 5 heteroatoms. The second-order valence-corrected chi connectivity index (χ2v) is 4.84. The van der Waals surface area contributed by atoms with E-state index in [1.807, 2.05) is 53.7 Å². The topological polar surface area (TPSA) is 35.6 Å². The lowest BCUT2D eigenvalue weighted by molar-refractivity contribution is 0.897. The van der Waals surface area contributed by atoms with Gasteiger partial charge in [0.1, 0.15) is 0 Å². The van der Waals surface area contributed by atoms with E-state index in [0.29, 0.717) is 5.02 Å². The maximum Gasteiger partial charge on any atom is 0.181 e. The van der Waals surface area contributed by atoms with E-state index in [2.05, 4.69) is 9.97 Å². The van der Waals surface area contributed by atoms with E-state index < -0.39 is 0 Å². The fourth-order valence-electron chi connectivity index (χ4n) is 2.05. The Labute approximate surface area is 116 Å². The maximum atomic E-state index is 6.32. The van der Waals surface area contributed by atoms with Crippen molar-refractivity contribution in [2.24, 2.45) is 7.05 Å². The predicted molar refractivity (Wildman–Crippen MR) is 75.5 cm³/mol. The van der Waals surface area contributed by atoms with Gasteiger partial charge in [0.05, 0.1) is 10.7 Å². The third-order valence-electron chi connectivity index (χ3n) is 3.02. The van der Waals surface area contributed by atoms with Crippen molar-refractivity contribution in [1.82, 2.24) is 19.1 Å². The molecule has 0 spiro atoms. The SMILES string of the molecule is Cc1ccc(-n2ccnc2-c2nccn2C)c(Cl)c1. The van der Waals surface area contributed by atoms with Gasteiger partial charge in [-0.1, -0.05) is 17.7 Å². The van der Waals surface area contributed by atoms with Crippen molar-refractivity contribution >= 4 is 11.6 Å². The third-order valence-corrected chi connectivity index (χ3v) is 3.33. The summed E-state index contributed by atoms with van der Waals surface area (Å²) in [5.41, 5.74) is 2.04. The molecule has 1 aromatic carbocycles. The molecule has 0 aliphatic heterocycles. The van der Waals surface area contributed by atoms with Crippen LogP contribution in [0.5, 0.6) is 0 Å². The van der Waals surface area contributed by atoms with E-state index in [-0.39, 0.29) is 0 Å². The zero-order valence-corrected chi connectivity index (χ0v) is 11.5. The normalized spacial score (nSPS) is 10.9. The van der Waals surface area contributed by atoms with Crippen LogP contribution in [0, 0.1) is 6.92 Å². The van der Waals surface area contributed by atoms with Gasteiger partial charge in [0.25, 0.3) is 0 Å². The van der Waals surface area contributed by atoms with Crippen molar-refractivity contribution in [3.05, 3.63) is 53.6 Å². The fraction of sp³-hybridized carbons (Fsp3) is 0.143. The number of benzene rings is 1. The summed E-state index contributed by atoms with van der Waals surface area (Å²) >= 11 is 6.32. The van der Waals surface area contributed by atoms with E-state index >= 15 is 0 Å². The first-order valence-corrected chi connectivity index (χ1v) is 6.32. The molecule has 3 rings (SSSR count). The van der Waals surface area contributed by atoms with Crippen LogP contribution in [0.15, 0.2) is 43.0 Å². The molecule has 0 unspecified atom stereocenters. The van der Waals surface area contributed by atoms with Gasteiger partial charge in [0.15, 0.2) is 11.6 Å². The molecule has 0 aliphatic carbocycles. The largest absolute Gasteiger partial charge is 0.331 e. The molecule has 0 N–H and O–H groups in total. The smallest absolute Gasteiger partial charge is 0.181 e. The highest BCUT2D eigenvalue weighted by Gasteiger charge is 2.13. The summed E-state index contributed by atoms with van der Waals surface area (Å²) < 4.78 is 3.88. The van der Waals surface area contributed by atoms with Gasteiger partial charge < -0.3 is 4.57 Å². The monoisotopic (exact) mass is 272 g/mol. The number of imidazole rings is 2. The first-order chi connectivity index (χ1) is 9.16. The zero-order valence-electron chi connectivity index (χ0n) is 10.7. The summed E-state index contributed by atoms with van der Waals surface area (Å²) in [5.74, 6) is 1.58. The highest BCUT2D eigenvalue weighted by molar-refractivity contribution is 6.32. The van der Waals surface area contributed by atoms with Gasteiger partial charge in [-0.25, -0.2) is 9.97 Å². The van der Waals surface area contributed by atoms with Crippen LogP contribution >= 0.6 is 11.6 Å². The lowest BCUT2D eigenvalue weighted by atomic mass is 10.2. The molecule has 0 fully saturated rings. The summed E-state index contributed by atoms with van der Waals surface area (Å²) in [6.45, 7) is 2.02. The average Bonchev–Trinajstić information content (AvgIpc) is 2.97. The van der Waals surface area contributed by atoms with Crippen LogP contribution < -0.4 is 0 Å². The van der Waals surface area contributed by atoms with Crippen molar-refractivity contribution in [3.8, 4) is 17.3 Å². The predicted octanol–water partition coefficient (Wildman–Crippen LogP) is 3.23. The van der Waals surface area contributed by atoms with Crippen LogP contribution in [0.4, 0.5) is 0 Å². The van der Waals surface area contributed by atoms with Crippen molar-refractivity contribution in [2.45, 2.75) is 6.92 Å². The minimum absolute atomic E-state index is 0.702. The van der Waals surface area contributed by atoms with Gasteiger partial charge >= 0.3 is 0 Å². The number of hydrogen-bond donors (Lipinski definition) is 0. The molecule has 0 saturated carbocycles. The lowest BCUT2D eigenvalue weighted by Crippen LogP contribution is -2.01. The Morgan fingerprint density at radius 2 is 1.79 bits per heavy atom. The number of halogens is 1. The Morgan fingerprint density at radius 1 is 1.05 bits per heavy atom. The van der Waals surface area contributed by atoms with Gasteiger partial charge in [0.2, 0.25) is 0 Å². The molecule has 96 valence electrons. The molecule has 0 saturated heterocycles. The molecule has 4 nitrogen and oxygen atoms in total. The Hall–Kier alpha value is -2.07. The molecule has 3 aromatic rings. The number of nitrogens with zero attached hydrogens (tertiary/aromatic N) is 4. The summed E-state index contributed by atoms with van der Waals surface area (Å²) in [4.78, 5) is 8.71. The van der Waals surface area contributed by atoms with Crippen LogP contribution in [0.2, 0.25) is 5.02 Å². The second kappa shape index (κ2) is 4.55. The third kappa shape index (κ3) is 2.04. The van der Waals surface area contributed by atoms with Gasteiger partial charge in [-0.05, 0) is 24.6 Å². The van der Waals surface area contributed by atoms with Crippen molar-refractivity contribution in [2.75, 3.05) is 0 Å². The molecular formula is C14H13ClN4. The fourth-order valence-corrected chi connectivity index (χ4v) is 2.38. The van der Waals surface area contributed by atoms with E-state index in [1.54, 1.807) is 12.4 Å². The molecule has 0 radical (unpaired) electrons. The van der Waals surface area contributed by atoms with Crippen LogP contribution in [0.25, 0.3) is 17.3 Å². The molecule has 0 aliphatic rings. The molecule has 2 aromatic heterocycles. The second-order valence-electron chi connectivity index (χ2n) is 4.44. The van der Waals surface area contributed by atoms with Gasteiger partial charge in [0, 0.05) is 31.8 Å². The summed E-state index contributed by atoms with van der Waals surface area (Å²) in [6.07, 6.45) is 7.29. The number of aromatic nitrogens is 4. The van der Waals surface area contributed by atoms with Crippen molar-refractivity contribution in [1.29, 1.82) is 0 Å². The first kappa shape index (κ1) is 12.0. The Morgan fingerprint density at radius 3 is 2.47 bits per heavy atom. The maximum absolute atomic E-state index is 6.32. The number of aryl methyl sites for hydroxylation is 2. The highest BCUT2D eigenvalue weighted by atomic mass is 35.5. The van der Waals surface area contributed by atoms with Crippen LogP contribution in [-0.4, -0.2) is 19.1 Å². The van der Waals surface area contributed by atoms with E-state index in [0.717, 1.165) is 22.9 Å². The Kier molecular flexibility index (Phi) is 2.87. The number of rotatable bonds is 2. The molecule has 2 heterocycles. The van der Waals surface area contributed by atoms with Crippen molar-refractivity contribution in [3.63, 3.8) is 0 Å². The summed E-state index contributed by atoms with van der Waals surface area (Å²) in [7, 11) is 1.94. The van der Waals surface area contributed by atoms with Crippen LogP contribution in [-0.2, 0) is 7.05 Å². The Bertz CT molecular complexity index is 727. The average molecular weight is 273 g/mol. The summed E-state index contributed by atoms with van der Waals surface area (Å²) in [6, 6.07) is 5.97. The molecule has 0 atom stereocenters. The minimum atomic E-state index is 0.702. The standard InChI is InChI=1S/C14H13ClN4/c1-10-3-4-12(11(15)9-10)19-8-6-17-14(19)13-16-5-7-18(13)2/h3-9H,1-2H3. The highest BCUT2D eigenvalue weighted by Crippen LogP contribution is 2.26. The first-order valence-electron chi connectivity index (χ1n) is 5.94. The van der Waals surface area contributed by atoms with E-state index in [4.69, 9.17) is 11.6 Å². The van der Waals surface area contributed by atoms with Gasteiger partial charge in [-0.2, -0.15) is 0 Å². The number of hydrogen-bond acceptors (Lipinski definition) is 2. The Balaban J connectivity index is 2.18. The molecule has 0 amide bonds. The minimum Gasteiger partial charge on any atom is -0.331 e. The molecular weight excluding hydrogens is 260 g/mol. The van der Waals surface area contributed by atoms with E-state index in [9.17, 15) is 0 Å².